The molecule has 1 fully saturated rings. The lowest BCUT2D eigenvalue weighted by molar-refractivity contribution is -0.165. The molecular weight excluding hydrogens is 400 g/mol. The molecule has 3 rings (SSSR count). The molecule has 0 aromatic carbocycles. The highest BCUT2D eigenvalue weighted by Gasteiger charge is 2.52. The van der Waals surface area contributed by atoms with Gasteiger partial charge in [-0.25, -0.2) is 15.8 Å². The Balaban J connectivity index is 1.94. The molecule has 3 aliphatic rings. The fourth-order valence-corrected chi connectivity index (χ4v) is 3.47. The van der Waals surface area contributed by atoms with Crippen molar-refractivity contribution in [1.29, 1.82) is 0 Å². The molecule has 0 aromatic heterocycles. The number of hydrogen-bond donors (Lipinski definition) is 2. The first kappa shape index (κ1) is 21.6. The highest BCUT2D eigenvalue weighted by molar-refractivity contribution is 6.02. The maximum Gasteiger partial charge on any atom is 0.303 e. The molecule has 13 heteroatoms. The number of amidine groups is 2. The lowest BCUT2D eigenvalue weighted by Gasteiger charge is -2.35. The molecule has 164 valence electrons. The predicted octanol–water partition coefficient (Wildman–Crippen LogP) is -1.89. The Morgan fingerprint density at radius 1 is 1.17 bits per heavy atom. The van der Waals surface area contributed by atoms with Gasteiger partial charge in [-0.15, -0.1) is 0 Å². The van der Waals surface area contributed by atoms with E-state index in [0.29, 0.717) is 6.54 Å². The van der Waals surface area contributed by atoms with E-state index in [1.807, 2.05) is 0 Å². The van der Waals surface area contributed by atoms with Crippen LogP contribution in [-0.2, 0) is 33.3 Å². The summed E-state index contributed by atoms with van der Waals surface area (Å²) in [7, 11) is 0. The SMILES string of the molecule is CC(=O)OC[C@H]1O[C@@H](C2=NC3C(CN=CN3N)C(N)=N2)[C@H](OC(C)=O)[C@@H]1OC(C)=O. The Morgan fingerprint density at radius 3 is 2.47 bits per heavy atom. The summed E-state index contributed by atoms with van der Waals surface area (Å²) in [5.41, 5.74) is 6.10. The van der Waals surface area contributed by atoms with Gasteiger partial charge in [0.2, 0.25) is 0 Å². The van der Waals surface area contributed by atoms with Crippen LogP contribution in [0.15, 0.2) is 15.0 Å². The number of nitrogens with zero attached hydrogens (tertiary/aromatic N) is 4. The van der Waals surface area contributed by atoms with E-state index in [0.717, 1.165) is 0 Å². The third kappa shape index (κ3) is 4.57. The zero-order valence-electron chi connectivity index (χ0n) is 16.8. The fourth-order valence-electron chi connectivity index (χ4n) is 3.47. The Labute approximate surface area is 172 Å². The molecule has 30 heavy (non-hydrogen) atoms. The molecule has 1 saturated heterocycles. The van der Waals surface area contributed by atoms with E-state index in [1.54, 1.807) is 0 Å². The Morgan fingerprint density at radius 2 is 1.83 bits per heavy atom. The minimum absolute atomic E-state index is 0.119. The summed E-state index contributed by atoms with van der Waals surface area (Å²) in [6.45, 7) is 3.78. The smallest absolute Gasteiger partial charge is 0.303 e. The summed E-state index contributed by atoms with van der Waals surface area (Å²) >= 11 is 0. The first-order valence-corrected chi connectivity index (χ1v) is 9.25. The van der Waals surface area contributed by atoms with E-state index in [1.165, 1.54) is 32.1 Å². The van der Waals surface area contributed by atoms with Crippen LogP contribution >= 0.6 is 0 Å². The van der Waals surface area contributed by atoms with Gasteiger partial charge in [0.25, 0.3) is 0 Å². The van der Waals surface area contributed by atoms with E-state index in [9.17, 15) is 14.4 Å². The first-order chi connectivity index (χ1) is 14.2. The average molecular weight is 424 g/mol. The molecule has 3 aliphatic heterocycles. The van der Waals surface area contributed by atoms with Crippen LogP contribution in [0.2, 0.25) is 0 Å². The van der Waals surface area contributed by atoms with Crippen LogP contribution in [0.1, 0.15) is 20.8 Å². The van der Waals surface area contributed by atoms with Crippen molar-refractivity contribution in [2.24, 2.45) is 32.5 Å². The number of carbonyl (C=O) groups is 3. The number of esters is 3. The van der Waals surface area contributed by atoms with Crippen LogP contribution < -0.4 is 11.6 Å². The Hall–Kier alpha value is -3.06. The van der Waals surface area contributed by atoms with Crippen molar-refractivity contribution in [2.45, 2.75) is 51.4 Å². The van der Waals surface area contributed by atoms with Crippen LogP contribution in [0.4, 0.5) is 0 Å². The van der Waals surface area contributed by atoms with Crippen LogP contribution in [0, 0.1) is 5.92 Å². The zero-order valence-corrected chi connectivity index (χ0v) is 16.8. The Kier molecular flexibility index (Phi) is 6.31. The standard InChI is InChI=1S/C17H24N6O7/c1-7(24)27-5-11-12(28-8(2)25)13(29-9(3)26)14(30-11)16-21-15(18)10-4-20-6-23(19)17(10)22-16/h6,10-14,17H,4-5,19H2,1-3H3,(H2,18,21,22)/t10?,11-,12-,13-,14-,17?/m1/s1. The lowest BCUT2D eigenvalue weighted by atomic mass is 10.0. The van der Waals surface area contributed by atoms with Gasteiger partial charge in [-0.3, -0.25) is 24.4 Å². The van der Waals surface area contributed by atoms with Gasteiger partial charge in [-0.2, -0.15) is 0 Å². The van der Waals surface area contributed by atoms with Gasteiger partial charge in [-0.1, -0.05) is 0 Å². The first-order valence-electron chi connectivity index (χ1n) is 9.25. The summed E-state index contributed by atoms with van der Waals surface area (Å²) < 4.78 is 21.6. The number of hydrazine groups is 1. The number of nitrogens with two attached hydrogens (primary N) is 2. The van der Waals surface area contributed by atoms with E-state index in [-0.39, 0.29) is 24.2 Å². The molecule has 0 saturated carbocycles. The molecule has 0 aromatic rings. The van der Waals surface area contributed by atoms with Crippen LogP contribution in [0.3, 0.4) is 0 Å². The highest BCUT2D eigenvalue weighted by atomic mass is 16.6. The molecule has 2 unspecified atom stereocenters. The second kappa shape index (κ2) is 8.75. The minimum atomic E-state index is -1.08. The van der Waals surface area contributed by atoms with Crippen LogP contribution in [0.5, 0.6) is 0 Å². The number of hydrogen-bond acceptors (Lipinski definition) is 13. The maximum absolute atomic E-state index is 11.7. The molecule has 0 bridgehead atoms. The van der Waals surface area contributed by atoms with E-state index in [2.05, 4.69) is 15.0 Å². The van der Waals surface area contributed by atoms with Gasteiger partial charge in [0.1, 0.15) is 31.1 Å². The number of ether oxygens (including phenoxy) is 4. The number of fused-ring (bicyclic) bond motifs is 1. The molecule has 4 N–H and O–H groups in total. The monoisotopic (exact) mass is 424 g/mol. The molecule has 6 atom stereocenters. The highest BCUT2D eigenvalue weighted by Crippen LogP contribution is 2.31. The normalized spacial score (nSPS) is 32.6. The van der Waals surface area contributed by atoms with Gasteiger partial charge in [0.15, 0.2) is 24.1 Å². The van der Waals surface area contributed by atoms with Crippen LogP contribution in [0.25, 0.3) is 0 Å². The predicted molar refractivity (Wildman–Crippen MR) is 102 cm³/mol. The van der Waals surface area contributed by atoms with Gasteiger partial charge < -0.3 is 24.7 Å². The molecule has 3 heterocycles. The largest absolute Gasteiger partial charge is 0.463 e. The molecule has 0 aliphatic carbocycles. The van der Waals surface area contributed by atoms with Crippen molar-refractivity contribution in [2.75, 3.05) is 13.2 Å². The van der Waals surface area contributed by atoms with Gasteiger partial charge in [0, 0.05) is 20.8 Å². The van der Waals surface area contributed by atoms with Gasteiger partial charge >= 0.3 is 17.9 Å². The average Bonchev–Trinajstić information content (AvgIpc) is 2.97. The molecular formula is C17H24N6O7. The maximum atomic E-state index is 11.7. The molecule has 13 nitrogen and oxygen atoms in total. The Bertz CT molecular complexity index is 812. The van der Waals surface area contributed by atoms with Crippen molar-refractivity contribution in [3.63, 3.8) is 0 Å². The summed E-state index contributed by atoms with van der Waals surface area (Å²) in [5, 5.41) is 1.30. The number of rotatable bonds is 5. The summed E-state index contributed by atoms with van der Waals surface area (Å²) in [5.74, 6) is 4.18. The number of carbonyl (C=O) groups excluding carboxylic acids is 3. The summed E-state index contributed by atoms with van der Waals surface area (Å²) in [4.78, 5) is 47.5. The molecule has 0 radical (unpaired) electrons. The lowest BCUT2D eigenvalue weighted by Crippen LogP contribution is -2.55. The van der Waals surface area contributed by atoms with E-state index in [4.69, 9.17) is 30.5 Å². The van der Waals surface area contributed by atoms with E-state index < -0.39 is 48.5 Å². The second-order valence-corrected chi connectivity index (χ2v) is 7.02. The minimum Gasteiger partial charge on any atom is -0.463 e. The molecule has 0 spiro atoms. The van der Waals surface area contributed by atoms with Gasteiger partial charge in [-0.05, 0) is 0 Å². The third-order valence-electron chi connectivity index (χ3n) is 4.69. The van der Waals surface area contributed by atoms with Crippen LogP contribution in [-0.4, -0.2) is 84.7 Å². The fraction of sp³-hybridized carbons (Fsp3) is 0.647. The van der Waals surface area contributed by atoms with E-state index >= 15 is 0 Å². The summed E-state index contributed by atoms with van der Waals surface area (Å²) in [6.07, 6.45) is -3.20. The zero-order chi connectivity index (χ0) is 22.0. The quantitative estimate of drug-likeness (QED) is 0.288. The van der Waals surface area contributed by atoms with Crippen molar-refractivity contribution in [1.82, 2.24) is 5.01 Å². The molecule has 0 amide bonds. The van der Waals surface area contributed by atoms with Crippen molar-refractivity contribution in [3.05, 3.63) is 0 Å². The number of aliphatic imine (C=N–C) groups is 3. The van der Waals surface area contributed by atoms with Crippen molar-refractivity contribution >= 4 is 35.9 Å². The van der Waals surface area contributed by atoms with Gasteiger partial charge in [0.05, 0.1) is 12.5 Å². The van der Waals surface area contributed by atoms with Crippen molar-refractivity contribution < 1.29 is 33.3 Å². The summed E-state index contributed by atoms with van der Waals surface area (Å²) in [6, 6.07) is 0. The van der Waals surface area contributed by atoms with Crippen molar-refractivity contribution in [3.8, 4) is 0 Å². The third-order valence-corrected chi connectivity index (χ3v) is 4.69. The topological polar surface area (TPSA) is 180 Å². The second-order valence-electron chi connectivity index (χ2n) is 7.02.